The Hall–Kier alpha value is -0.910. The number of thiophene rings is 1. The summed E-state index contributed by atoms with van der Waals surface area (Å²) in [6.07, 6.45) is -0.542. The van der Waals surface area contributed by atoms with Gasteiger partial charge < -0.3 is 15.7 Å². The van der Waals surface area contributed by atoms with Crippen molar-refractivity contribution in [2.75, 3.05) is 19.6 Å². The van der Waals surface area contributed by atoms with Crippen LogP contribution >= 0.6 is 11.3 Å². The maximum Gasteiger partial charge on any atom is 0.233 e. The molecule has 0 aliphatic heterocycles. The highest BCUT2D eigenvalue weighted by molar-refractivity contribution is 7.07. The summed E-state index contributed by atoms with van der Waals surface area (Å²) in [6.45, 7) is 5.43. The van der Waals surface area contributed by atoms with Crippen LogP contribution < -0.4 is 10.6 Å². The molecule has 0 aliphatic rings. The maximum atomic E-state index is 11.4. The molecule has 1 atom stereocenters. The Kier molecular flexibility index (Phi) is 6.18. The number of aliphatic hydroxyl groups is 1. The Balaban J connectivity index is 2.13. The molecule has 3 N–H and O–H groups in total. The molecule has 1 heterocycles. The van der Waals surface area contributed by atoms with Crippen LogP contribution in [0.3, 0.4) is 0 Å². The van der Waals surface area contributed by atoms with E-state index in [4.69, 9.17) is 0 Å². The van der Waals surface area contributed by atoms with Crippen molar-refractivity contribution in [1.29, 1.82) is 0 Å². The number of carbonyl (C=O) groups excluding carboxylic acids is 1. The smallest absolute Gasteiger partial charge is 0.233 e. The van der Waals surface area contributed by atoms with E-state index >= 15 is 0 Å². The number of hydrogen-bond donors (Lipinski definition) is 3. The average molecular weight is 256 g/mol. The lowest BCUT2D eigenvalue weighted by molar-refractivity contribution is -0.120. The first-order valence-corrected chi connectivity index (χ1v) is 6.71. The minimum Gasteiger partial charge on any atom is -0.387 e. The lowest BCUT2D eigenvalue weighted by atomic mass is 10.2. The molecule has 5 heteroatoms. The van der Waals surface area contributed by atoms with Gasteiger partial charge in [0.1, 0.15) is 0 Å². The zero-order valence-electron chi connectivity index (χ0n) is 10.3. The molecule has 0 spiro atoms. The zero-order valence-corrected chi connectivity index (χ0v) is 11.1. The third kappa shape index (κ3) is 5.81. The Morgan fingerprint density at radius 1 is 1.47 bits per heavy atom. The van der Waals surface area contributed by atoms with Crippen molar-refractivity contribution in [2.45, 2.75) is 20.0 Å². The lowest BCUT2D eigenvalue weighted by Gasteiger charge is -2.11. The molecule has 0 aromatic carbocycles. The average Bonchev–Trinajstić information content (AvgIpc) is 2.79. The molecule has 0 saturated heterocycles. The van der Waals surface area contributed by atoms with Crippen molar-refractivity contribution < 1.29 is 9.90 Å². The van der Waals surface area contributed by atoms with E-state index in [1.807, 2.05) is 30.7 Å². The van der Waals surface area contributed by atoms with Crippen molar-refractivity contribution in [3.05, 3.63) is 22.4 Å². The van der Waals surface area contributed by atoms with Crippen LogP contribution in [0.4, 0.5) is 0 Å². The van der Waals surface area contributed by atoms with Crippen LogP contribution in [0.2, 0.25) is 0 Å². The fraction of sp³-hybridized carbons (Fsp3) is 0.583. The largest absolute Gasteiger partial charge is 0.387 e. The number of hydrogen-bond acceptors (Lipinski definition) is 4. The van der Waals surface area contributed by atoms with Crippen LogP contribution in [0.1, 0.15) is 25.5 Å². The van der Waals surface area contributed by atoms with Gasteiger partial charge in [-0.15, -0.1) is 0 Å². The Morgan fingerprint density at radius 2 is 2.24 bits per heavy atom. The molecule has 1 aromatic heterocycles. The molecule has 1 amide bonds. The topological polar surface area (TPSA) is 61.4 Å². The van der Waals surface area contributed by atoms with Crippen LogP contribution in [-0.4, -0.2) is 30.6 Å². The number of aliphatic hydroxyl groups excluding tert-OH is 1. The third-order valence-corrected chi connectivity index (χ3v) is 2.96. The van der Waals surface area contributed by atoms with Crippen molar-refractivity contribution in [2.24, 2.45) is 5.92 Å². The maximum absolute atomic E-state index is 11.4. The number of nitrogens with one attached hydrogen (secondary N) is 2. The van der Waals surface area contributed by atoms with Crippen molar-refractivity contribution in [3.63, 3.8) is 0 Å². The molecule has 1 aromatic rings. The number of carbonyl (C=O) groups is 1. The van der Waals surface area contributed by atoms with E-state index < -0.39 is 6.10 Å². The van der Waals surface area contributed by atoms with Crippen molar-refractivity contribution >= 4 is 17.2 Å². The van der Waals surface area contributed by atoms with Crippen LogP contribution in [-0.2, 0) is 4.79 Å². The molecule has 0 bridgehead atoms. The van der Waals surface area contributed by atoms with Gasteiger partial charge in [0.05, 0.1) is 12.6 Å². The van der Waals surface area contributed by atoms with Crippen LogP contribution in [0.15, 0.2) is 16.8 Å². The van der Waals surface area contributed by atoms with Gasteiger partial charge in [0, 0.05) is 13.1 Å². The van der Waals surface area contributed by atoms with Crippen molar-refractivity contribution in [3.8, 4) is 0 Å². The third-order valence-electron chi connectivity index (χ3n) is 2.26. The fourth-order valence-corrected chi connectivity index (χ4v) is 1.99. The molecule has 0 radical (unpaired) electrons. The van der Waals surface area contributed by atoms with Gasteiger partial charge in [0.2, 0.25) is 5.91 Å². The molecule has 96 valence electrons. The first-order chi connectivity index (χ1) is 8.09. The highest BCUT2D eigenvalue weighted by atomic mass is 32.1. The molecule has 4 nitrogen and oxygen atoms in total. The Bertz CT molecular complexity index is 325. The molecule has 0 saturated carbocycles. The normalized spacial score (nSPS) is 12.7. The molecule has 1 unspecified atom stereocenters. The van der Waals surface area contributed by atoms with Gasteiger partial charge in [-0.2, -0.15) is 11.3 Å². The van der Waals surface area contributed by atoms with E-state index in [0.717, 1.165) is 5.56 Å². The molecule has 17 heavy (non-hydrogen) atoms. The predicted octanol–water partition coefficient (Wildman–Crippen LogP) is 1.14. The molecule has 1 rings (SSSR count). The zero-order chi connectivity index (χ0) is 12.7. The summed E-state index contributed by atoms with van der Waals surface area (Å²) in [5, 5.41) is 19.3. The van der Waals surface area contributed by atoms with E-state index in [1.54, 1.807) is 11.3 Å². The SMILES string of the molecule is CC(C)CNC(=O)CNCC(O)c1ccsc1. The standard InChI is InChI=1S/C12H20N2O2S/c1-9(2)5-14-12(16)7-13-6-11(15)10-3-4-17-8-10/h3-4,8-9,11,13,15H,5-7H2,1-2H3,(H,14,16). The van der Waals surface area contributed by atoms with E-state index in [0.29, 0.717) is 19.0 Å². The molecular formula is C12H20N2O2S. The van der Waals surface area contributed by atoms with Crippen LogP contribution in [0.25, 0.3) is 0 Å². The minimum absolute atomic E-state index is 0.0313. The highest BCUT2D eigenvalue weighted by Crippen LogP contribution is 2.14. The van der Waals surface area contributed by atoms with Crippen LogP contribution in [0, 0.1) is 5.92 Å². The van der Waals surface area contributed by atoms with Crippen molar-refractivity contribution in [1.82, 2.24) is 10.6 Å². The monoisotopic (exact) mass is 256 g/mol. The van der Waals surface area contributed by atoms with E-state index in [2.05, 4.69) is 10.6 Å². The summed E-state index contributed by atoms with van der Waals surface area (Å²) < 4.78 is 0. The second-order valence-corrected chi connectivity index (χ2v) is 5.18. The Morgan fingerprint density at radius 3 is 2.82 bits per heavy atom. The van der Waals surface area contributed by atoms with E-state index in [-0.39, 0.29) is 12.5 Å². The summed E-state index contributed by atoms with van der Waals surface area (Å²) in [5.41, 5.74) is 0.894. The Labute approximate surface area is 106 Å². The first kappa shape index (κ1) is 14.2. The molecule has 0 fully saturated rings. The highest BCUT2D eigenvalue weighted by Gasteiger charge is 2.08. The predicted molar refractivity (Wildman–Crippen MR) is 70.0 cm³/mol. The van der Waals surface area contributed by atoms with E-state index in [9.17, 15) is 9.90 Å². The van der Waals surface area contributed by atoms with Gasteiger partial charge >= 0.3 is 0 Å². The fourth-order valence-electron chi connectivity index (χ4n) is 1.29. The second kappa shape index (κ2) is 7.42. The number of amides is 1. The summed E-state index contributed by atoms with van der Waals surface area (Å²) in [6, 6.07) is 1.88. The van der Waals surface area contributed by atoms with Gasteiger partial charge in [-0.1, -0.05) is 13.8 Å². The molecular weight excluding hydrogens is 236 g/mol. The van der Waals surface area contributed by atoms with Gasteiger partial charge in [0.15, 0.2) is 0 Å². The summed E-state index contributed by atoms with van der Waals surface area (Å²) in [4.78, 5) is 11.4. The quantitative estimate of drug-likeness (QED) is 0.685. The summed E-state index contributed by atoms with van der Waals surface area (Å²) in [7, 11) is 0. The van der Waals surface area contributed by atoms with Gasteiger partial charge in [-0.3, -0.25) is 4.79 Å². The van der Waals surface area contributed by atoms with Crippen LogP contribution in [0.5, 0.6) is 0 Å². The number of rotatable bonds is 7. The van der Waals surface area contributed by atoms with Gasteiger partial charge in [-0.05, 0) is 28.3 Å². The first-order valence-electron chi connectivity index (χ1n) is 5.77. The summed E-state index contributed by atoms with van der Waals surface area (Å²) >= 11 is 1.55. The van der Waals surface area contributed by atoms with Gasteiger partial charge in [-0.25, -0.2) is 0 Å². The molecule has 0 aliphatic carbocycles. The summed E-state index contributed by atoms with van der Waals surface area (Å²) in [5.74, 6) is 0.423. The van der Waals surface area contributed by atoms with Gasteiger partial charge in [0.25, 0.3) is 0 Å². The van der Waals surface area contributed by atoms with E-state index in [1.165, 1.54) is 0 Å². The second-order valence-electron chi connectivity index (χ2n) is 4.40. The lowest BCUT2D eigenvalue weighted by Crippen LogP contribution is -2.37. The minimum atomic E-state index is -0.542.